The van der Waals surface area contributed by atoms with Crippen LogP contribution in [-0.2, 0) is 14.8 Å². The number of methoxy groups -OCH3 is 1. The van der Waals surface area contributed by atoms with E-state index in [0.717, 1.165) is 30.9 Å². The van der Waals surface area contributed by atoms with Gasteiger partial charge in [-0.3, -0.25) is 4.72 Å². The number of aryl methyl sites for hydroxylation is 1. The van der Waals surface area contributed by atoms with Crippen LogP contribution in [-0.4, -0.2) is 21.5 Å². The molecule has 2 rings (SSSR count). The van der Waals surface area contributed by atoms with Crippen LogP contribution < -0.4 is 4.72 Å². The molecule has 5 nitrogen and oxygen atoms in total. The number of hydrogen-bond donors (Lipinski definition) is 1. The zero-order valence-electron chi connectivity index (χ0n) is 12.3. The van der Waals surface area contributed by atoms with Gasteiger partial charge in [0.15, 0.2) is 0 Å². The van der Waals surface area contributed by atoms with Gasteiger partial charge in [-0.15, -0.1) is 0 Å². The molecule has 0 aliphatic carbocycles. The fourth-order valence-corrected chi connectivity index (χ4v) is 3.16. The fraction of sp³-hybridized carbons (Fsp3) is 0.133. The summed E-state index contributed by atoms with van der Waals surface area (Å²) in [7, 11) is -3.08. The van der Waals surface area contributed by atoms with Crippen molar-refractivity contribution in [2.75, 3.05) is 11.8 Å². The summed E-state index contributed by atoms with van der Waals surface area (Å²) in [6.45, 7) is 1.76. The minimum Gasteiger partial charge on any atom is -0.465 e. The lowest BCUT2D eigenvalue weighted by atomic mass is 10.2. The minimum atomic E-state index is -4.23. The van der Waals surface area contributed by atoms with Crippen molar-refractivity contribution in [1.82, 2.24) is 0 Å². The Kier molecular flexibility index (Phi) is 4.91. The van der Waals surface area contributed by atoms with Gasteiger partial charge < -0.3 is 4.74 Å². The van der Waals surface area contributed by atoms with Crippen molar-refractivity contribution >= 4 is 33.3 Å². The maximum atomic E-state index is 13.9. The SMILES string of the molecule is COC(=O)c1ccc(F)c(S(=O)(=O)Nc2ccc(C)c(Cl)c2)c1. The molecule has 23 heavy (non-hydrogen) atoms. The number of rotatable bonds is 4. The average Bonchev–Trinajstić information content (AvgIpc) is 2.50. The highest BCUT2D eigenvalue weighted by atomic mass is 35.5. The molecule has 0 bridgehead atoms. The smallest absolute Gasteiger partial charge is 0.337 e. The van der Waals surface area contributed by atoms with E-state index in [-0.39, 0.29) is 11.3 Å². The van der Waals surface area contributed by atoms with Gasteiger partial charge in [0.1, 0.15) is 10.7 Å². The standard InChI is InChI=1S/C15H13ClFNO4S/c1-9-3-5-11(8-12(9)16)18-23(20,21)14-7-10(15(19)22-2)4-6-13(14)17/h3-8,18H,1-2H3. The Labute approximate surface area is 138 Å². The molecule has 0 radical (unpaired) electrons. The first kappa shape index (κ1) is 17.2. The molecule has 1 N–H and O–H groups in total. The van der Waals surface area contributed by atoms with Gasteiger partial charge in [-0.1, -0.05) is 17.7 Å². The van der Waals surface area contributed by atoms with E-state index in [4.69, 9.17) is 11.6 Å². The van der Waals surface area contributed by atoms with Crippen molar-refractivity contribution in [3.63, 3.8) is 0 Å². The molecule has 0 fully saturated rings. The second kappa shape index (κ2) is 6.55. The highest BCUT2D eigenvalue weighted by Crippen LogP contribution is 2.24. The first-order valence-corrected chi connectivity index (χ1v) is 8.27. The van der Waals surface area contributed by atoms with Crippen molar-refractivity contribution in [2.24, 2.45) is 0 Å². The zero-order chi connectivity index (χ0) is 17.2. The number of carbonyl (C=O) groups is 1. The number of carbonyl (C=O) groups excluding carboxylic acids is 1. The molecule has 122 valence electrons. The predicted octanol–water partition coefficient (Wildman–Crippen LogP) is 3.37. The van der Waals surface area contributed by atoms with E-state index < -0.39 is 26.7 Å². The number of ether oxygens (including phenoxy) is 1. The molecule has 0 heterocycles. The Morgan fingerprint density at radius 2 is 1.91 bits per heavy atom. The molecule has 0 aliphatic heterocycles. The van der Waals surface area contributed by atoms with Gasteiger partial charge in [0, 0.05) is 5.02 Å². The molecule has 0 saturated carbocycles. The number of halogens is 2. The normalized spacial score (nSPS) is 11.1. The highest BCUT2D eigenvalue weighted by molar-refractivity contribution is 7.92. The molecule has 0 spiro atoms. The number of hydrogen-bond acceptors (Lipinski definition) is 4. The molecular weight excluding hydrogens is 345 g/mol. The van der Waals surface area contributed by atoms with E-state index in [1.165, 1.54) is 12.1 Å². The van der Waals surface area contributed by atoms with Crippen LogP contribution >= 0.6 is 11.6 Å². The summed E-state index contributed by atoms with van der Waals surface area (Å²) in [5, 5.41) is 0.369. The van der Waals surface area contributed by atoms with E-state index in [2.05, 4.69) is 9.46 Å². The van der Waals surface area contributed by atoms with Crippen LogP contribution in [0.5, 0.6) is 0 Å². The van der Waals surface area contributed by atoms with E-state index >= 15 is 0 Å². The minimum absolute atomic E-state index is 0.0730. The Morgan fingerprint density at radius 3 is 2.52 bits per heavy atom. The van der Waals surface area contributed by atoms with Gasteiger partial charge in [0.25, 0.3) is 10.0 Å². The van der Waals surface area contributed by atoms with Crippen LogP contribution in [0.15, 0.2) is 41.3 Å². The lowest BCUT2D eigenvalue weighted by Gasteiger charge is -2.11. The largest absolute Gasteiger partial charge is 0.465 e. The third-order valence-corrected chi connectivity index (χ3v) is 4.87. The van der Waals surface area contributed by atoms with Gasteiger partial charge in [-0.05, 0) is 42.8 Å². The monoisotopic (exact) mass is 357 g/mol. The topological polar surface area (TPSA) is 72.5 Å². The van der Waals surface area contributed by atoms with Gasteiger partial charge in [0.2, 0.25) is 0 Å². The number of benzene rings is 2. The third-order valence-electron chi connectivity index (χ3n) is 3.07. The van der Waals surface area contributed by atoms with Crippen LogP contribution in [0.25, 0.3) is 0 Å². The van der Waals surface area contributed by atoms with E-state index in [0.29, 0.717) is 5.02 Å². The highest BCUT2D eigenvalue weighted by Gasteiger charge is 2.22. The molecule has 0 unspecified atom stereocenters. The lowest BCUT2D eigenvalue weighted by molar-refractivity contribution is 0.0600. The van der Waals surface area contributed by atoms with E-state index in [9.17, 15) is 17.6 Å². The van der Waals surface area contributed by atoms with Crippen molar-refractivity contribution < 1.29 is 22.3 Å². The van der Waals surface area contributed by atoms with Crippen LogP contribution in [0.4, 0.5) is 10.1 Å². The van der Waals surface area contributed by atoms with Gasteiger partial charge in [0.05, 0.1) is 18.4 Å². The number of nitrogens with one attached hydrogen (secondary N) is 1. The maximum Gasteiger partial charge on any atom is 0.337 e. The fourth-order valence-electron chi connectivity index (χ4n) is 1.82. The Hall–Kier alpha value is -2.12. The van der Waals surface area contributed by atoms with Gasteiger partial charge in [-0.2, -0.15) is 0 Å². The van der Waals surface area contributed by atoms with E-state index in [1.54, 1.807) is 13.0 Å². The number of esters is 1. The van der Waals surface area contributed by atoms with Crippen LogP contribution in [0.2, 0.25) is 5.02 Å². The maximum absolute atomic E-state index is 13.9. The summed E-state index contributed by atoms with van der Waals surface area (Å²) >= 11 is 5.94. The van der Waals surface area contributed by atoms with Crippen LogP contribution in [0.3, 0.4) is 0 Å². The first-order valence-electron chi connectivity index (χ1n) is 6.41. The molecule has 2 aromatic rings. The van der Waals surface area contributed by atoms with E-state index in [1.807, 2.05) is 0 Å². The van der Waals surface area contributed by atoms with Crippen LogP contribution in [0.1, 0.15) is 15.9 Å². The molecule has 0 atom stereocenters. The quantitative estimate of drug-likeness (QED) is 0.851. The second-order valence-corrected chi connectivity index (χ2v) is 6.76. The molecule has 0 amide bonds. The summed E-state index contributed by atoms with van der Waals surface area (Å²) < 4.78 is 45.3. The molecule has 0 saturated heterocycles. The summed E-state index contributed by atoms with van der Waals surface area (Å²) in [6.07, 6.45) is 0. The zero-order valence-corrected chi connectivity index (χ0v) is 13.8. The first-order chi connectivity index (χ1) is 10.7. The third kappa shape index (κ3) is 3.80. The van der Waals surface area contributed by atoms with Crippen molar-refractivity contribution in [1.29, 1.82) is 0 Å². The Balaban J connectivity index is 2.42. The summed E-state index contributed by atoms with van der Waals surface area (Å²) in [6, 6.07) is 7.49. The summed E-state index contributed by atoms with van der Waals surface area (Å²) in [5.41, 5.74) is 0.883. The predicted molar refractivity (Wildman–Crippen MR) is 84.7 cm³/mol. The van der Waals surface area contributed by atoms with Crippen molar-refractivity contribution in [3.05, 3.63) is 58.4 Å². The molecule has 0 aliphatic rings. The van der Waals surface area contributed by atoms with Gasteiger partial charge in [-0.25, -0.2) is 17.6 Å². The molecule has 2 aromatic carbocycles. The number of anilines is 1. The lowest BCUT2D eigenvalue weighted by Crippen LogP contribution is -2.16. The average molecular weight is 358 g/mol. The number of sulfonamides is 1. The van der Waals surface area contributed by atoms with Gasteiger partial charge >= 0.3 is 5.97 Å². The second-order valence-electron chi connectivity index (χ2n) is 4.71. The summed E-state index contributed by atoms with van der Waals surface area (Å²) in [4.78, 5) is 10.8. The van der Waals surface area contributed by atoms with Crippen LogP contribution in [0, 0.1) is 12.7 Å². The summed E-state index contributed by atoms with van der Waals surface area (Å²) in [5.74, 6) is -1.75. The molecule has 8 heteroatoms. The Bertz CT molecular complexity index is 868. The Morgan fingerprint density at radius 1 is 1.22 bits per heavy atom. The molecule has 0 aromatic heterocycles. The van der Waals surface area contributed by atoms with Crippen molar-refractivity contribution in [3.8, 4) is 0 Å². The molecular formula is C15H13ClFNO4S. The van der Waals surface area contributed by atoms with Crippen molar-refractivity contribution in [2.45, 2.75) is 11.8 Å².